The SMILES string of the molecule is C.C=COC(=O)OC. The van der Waals surface area contributed by atoms with E-state index in [2.05, 4.69) is 16.1 Å². The number of hydrogen-bond donors (Lipinski definition) is 0. The normalized spacial score (nSPS) is 6.12. The maximum absolute atomic E-state index is 9.90. The molecule has 0 aromatic carbocycles. The molecule has 0 bridgehead atoms. The average molecular weight is 118 g/mol. The predicted molar refractivity (Wildman–Crippen MR) is 30.4 cm³/mol. The number of methoxy groups -OCH3 is 1. The third-order valence-corrected chi connectivity index (χ3v) is 0.346. The lowest BCUT2D eigenvalue weighted by Gasteiger charge is -1.90. The van der Waals surface area contributed by atoms with Crippen molar-refractivity contribution in [1.29, 1.82) is 0 Å². The summed E-state index contributed by atoms with van der Waals surface area (Å²) < 4.78 is 8.15. The van der Waals surface area contributed by atoms with Crippen molar-refractivity contribution in [1.82, 2.24) is 0 Å². The highest BCUT2D eigenvalue weighted by Crippen LogP contribution is 1.78. The molecule has 0 N–H and O–H groups in total. The van der Waals surface area contributed by atoms with Gasteiger partial charge in [0.1, 0.15) is 0 Å². The Kier molecular flexibility index (Phi) is 7.58. The van der Waals surface area contributed by atoms with Gasteiger partial charge in [0.15, 0.2) is 0 Å². The second-order valence-electron chi connectivity index (χ2n) is 0.739. The van der Waals surface area contributed by atoms with Crippen molar-refractivity contribution in [3.05, 3.63) is 12.8 Å². The molecule has 0 saturated heterocycles. The van der Waals surface area contributed by atoms with Crippen LogP contribution in [0, 0.1) is 0 Å². The molecule has 0 aliphatic rings. The molecule has 0 saturated carbocycles. The first-order valence-electron chi connectivity index (χ1n) is 1.66. The van der Waals surface area contributed by atoms with Gasteiger partial charge in [-0.15, -0.1) is 0 Å². The molecule has 48 valence electrons. The van der Waals surface area contributed by atoms with Crippen LogP contribution in [0.1, 0.15) is 7.43 Å². The highest BCUT2D eigenvalue weighted by atomic mass is 16.7. The Hall–Kier alpha value is -0.990. The Morgan fingerprint density at radius 1 is 1.75 bits per heavy atom. The van der Waals surface area contributed by atoms with E-state index in [1.807, 2.05) is 0 Å². The van der Waals surface area contributed by atoms with Gasteiger partial charge in [-0.05, 0) is 0 Å². The monoisotopic (exact) mass is 118 g/mol. The van der Waals surface area contributed by atoms with Gasteiger partial charge in [0.2, 0.25) is 0 Å². The van der Waals surface area contributed by atoms with E-state index in [1.54, 1.807) is 0 Å². The van der Waals surface area contributed by atoms with Crippen LogP contribution in [0.2, 0.25) is 0 Å². The molecule has 0 radical (unpaired) electrons. The molecular formula is C5H10O3. The molecule has 8 heavy (non-hydrogen) atoms. The van der Waals surface area contributed by atoms with Crippen LogP contribution in [0.5, 0.6) is 0 Å². The quantitative estimate of drug-likeness (QED) is 0.387. The first-order chi connectivity index (χ1) is 3.31. The highest BCUT2D eigenvalue weighted by molar-refractivity contribution is 5.60. The Morgan fingerprint density at radius 3 is 2.38 bits per heavy atom. The van der Waals surface area contributed by atoms with Gasteiger partial charge in [-0.2, -0.15) is 0 Å². The number of hydrogen-bond acceptors (Lipinski definition) is 3. The zero-order chi connectivity index (χ0) is 5.70. The van der Waals surface area contributed by atoms with Crippen LogP contribution in [0.15, 0.2) is 12.8 Å². The van der Waals surface area contributed by atoms with Crippen molar-refractivity contribution in [2.45, 2.75) is 7.43 Å². The summed E-state index contributed by atoms with van der Waals surface area (Å²) in [6.07, 6.45) is 0.265. The van der Waals surface area contributed by atoms with Crippen molar-refractivity contribution >= 4 is 6.16 Å². The third kappa shape index (κ3) is 5.01. The summed E-state index contributed by atoms with van der Waals surface area (Å²) in [4.78, 5) is 9.90. The van der Waals surface area contributed by atoms with Crippen molar-refractivity contribution in [2.24, 2.45) is 0 Å². The summed E-state index contributed by atoms with van der Waals surface area (Å²) in [5, 5.41) is 0. The van der Waals surface area contributed by atoms with E-state index in [0.29, 0.717) is 0 Å². The highest BCUT2D eigenvalue weighted by Gasteiger charge is 1.91. The van der Waals surface area contributed by atoms with Crippen molar-refractivity contribution in [3.8, 4) is 0 Å². The van der Waals surface area contributed by atoms with Crippen LogP contribution in [0.3, 0.4) is 0 Å². The van der Waals surface area contributed by atoms with E-state index < -0.39 is 6.16 Å². The van der Waals surface area contributed by atoms with Crippen LogP contribution in [-0.4, -0.2) is 13.3 Å². The number of ether oxygens (including phenoxy) is 2. The lowest BCUT2D eigenvalue weighted by atomic mass is 11.1. The molecule has 3 nitrogen and oxygen atoms in total. The topological polar surface area (TPSA) is 35.5 Å². The Morgan fingerprint density at radius 2 is 2.25 bits per heavy atom. The maximum Gasteiger partial charge on any atom is 0.512 e. The van der Waals surface area contributed by atoms with Crippen LogP contribution < -0.4 is 0 Å². The first-order valence-corrected chi connectivity index (χ1v) is 1.66. The van der Waals surface area contributed by atoms with E-state index in [9.17, 15) is 4.79 Å². The van der Waals surface area contributed by atoms with E-state index in [0.717, 1.165) is 6.26 Å². The summed E-state index contributed by atoms with van der Waals surface area (Å²) in [6, 6.07) is 0. The first kappa shape index (κ1) is 10.1. The average Bonchev–Trinajstić information content (AvgIpc) is 1.68. The molecule has 0 rings (SSSR count). The molecule has 0 aromatic rings. The van der Waals surface area contributed by atoms with E-state index in [1.165, 1.54) is 7.11 Å². The van der Waals surface area contributed by atoms with Crippen LogP contribution in [-0.2, 0) is 9.47 Å². The molecule has 0 atom stereocenters. The lowest BCUT2D eigenvalue weighted by molar-refractivity contribution is 0.106. The number of carbonyl (C=O) groups excluding carboxylic acids is 1. The molecular weight excluding hydrogens is 108 g/mol. The second-order valence-corrected chi connectivity index (χ2v) is 0.739. The molecule has 0 unspecified atom stereocenters. The molecule has 0 aliphatic carbocycles. The summed E-state index contributed by atoms with van der Waals surface area (Å²) in [6.45, 7) is 3.13. The predicted octanol–water partition coefficient (Wildman–Crippen LogP) is 1.55. The minimum atomic E-state index is -0.741. The van der Waals surface area contributed by atoms with Gasteiger partial charge in [0.05, 0.1) is 13.4 Å². The van der Waals surface area contributed by atoms with Crippen LogP contribution in [0.4, 0.5) is 4.79 Å². The second kappa shape index (κ2) is 6.01. The molecule has 0 heterocycles. The largest absolute Gasteiger partial charge is 0.512 e. The molecule has 0 spiro atoms. The number of rotatable bonds is 1. The summed E-state index contributed by atoms with van der Waals surface area (Å²) >= 11 is 0. The molecule has 0 aromatic heterocycles. The Bertz CT molecular complexity index is 77.7. The van der Waals surface area contributed by atoms with Crippen molar-refractivity contribution < 1.29 is 14.3 Å². The van der Waals surface area contributed by atoms with E-state index in [-0.39, 0.29) is 7.43 Å². The van der Waals surface area contributed by atoms with E-state index >= 15 is 0 Å². The number of carbonyl (C=O) groups is 1. The van der Waals surface area contributed by atoms with E-state index in [4.69, 9.17) is 0 Å². The molecule has 0 fully saturated rings. The van der Waals surface area contributed by atoms with Gasteiger partial charge in [0, 0.05) is 0 Å². The Balaban J connectivity index is 0. The van der Waals surface area contributed by atoms with Gasteiger partial charge >= 0.3 is 6.16 Å². The van der Waals surface area contributed by atoms with Gasteiger partial charge in [0.25, 0.3) is 0 Å². The fourth-order valence-corrected chi connectivity index (χ4v) is 0.116. The van der Waals surface area contributed by atoms with Crippen LogP contribution in [0.25, 0.3) is 0 Å². The zero-order valence-electron chi connectivity index (χ0n) is 4.01. The molecule has 0 aliphatic heterocycles. The minimum absolute atomic E-state index is 0. The fourth-order valence-electron chi connectivity index (χ4n) is 0.116. The maximum atomic E-state index is 9.90. The van der Waals surface area contributed by atoms with Gasteiger partial charge < -0.3 is 9.47 Å². The zero-order valence-corrected chi connectivity index (χ0v) is 4.01. The molecule has 0 amide bonds. The summed E-state index contributed by atoms with van der Waals surface area (Å²) in [5.74, 6) is 0. The summed E-state index contributed by atoms with van der Waals surface area (Å²) in [7, 11) is 1.23. The van der Waals surface area contributed by atoms with Gasteiger partial charge in [-0.25, -0.2) is 4.79 Å². The van der Waals surface area contributed by atoms with Gasteiger partial charge in [-0.1, -0.05) is 14.0 Å². The smallest absolute Gasteiger partial charge is 0.437 e. The Labute approximate surface area is 48.9 Å². The minimum Gasteiger partial charge on any atom is -0.437 e. The van der Waals surface area contributed by atoms with Crippen molar-refractivity contribution in [2.75, 3.05) is 7.11 Å². The molecule has 3 heteroatoms. The van der Waals surface area contributed by atoms with Gasteiger partial charge in [-0.3, -0.25) is 0 Å². The van der Waals surface area contributed by atoms with Crippen LogP contribution >= 0.6 is 0 Å². The fraction of sp³-hybridized carbons (Fsp3) is 0.400. The van der Waals surface area contributed by atoms with Crippen molar-refractivity contribution in [3.63, 3.8) is 0 Å². The lowest BCUT2D eigenvalue weighted by Crippen LogP contribution is -1.96. The standard InChI is InChI=1S/C4H6O3.CH4/c1-3-7-4(5)6-2;/h3H,1H2,2H3;1H4. The third-order valence-electron chi connectivity index (χ3n) is 0.346. The summed E-state index contributed by atoms with van der Waals surface area (Å²) in [5.41, 5.74) is 0.